The van der Waals surface area contributed by atoms with Crippen LogP contribution < -0.4 is 5.32 Å². The summed E-state index contributed by atoms with van der Waals surface area (Å²) >= 11 is 2.52. The number of carboxylic acid groups (broad SMARTS) is 1. The molecular weight excluding hydrogens is 635 g/mol. The van der Waals surface area contributed by atoms with Gasteiger partial charge >= 0.3 is 5.97 Å². The number of carbonyl (C=O) groups is 4. The van der Waals surface area contributed by atoms with E-state index in [0.29, 0.717) is 46.3 Å². The molecule has 238 valence electrons. The number of phenolic OH excluding ortho intramolecular Hbond substituents is 2. The lowest BCUT2D eigenvalue weighted by molar-refractivity contribution is -0.150. The molecule has 3 aliphatic heterocycles. The van der Waals surface area contributed by atoms with Gasteiger partial charge in [-0.25, -0.2) is 9.78 Å². The molecule has 14 nitrogen and oxygen atoms in total. The van der Waals surface area contributed by atoms with Gasteiger partial charge in [-0.2, -0.15) is 9.50 Å². The quantitative estimate of drug-likeness (QED) is 0.0857. The van der Waals surface area contributed by atoms with E-state index in [-0.39, 0.29) is 46.2 Å². The molecule has 0 bridgehead atoms. The number of likely N-dealkylation sites (tertiary alicyclic amines) is 1. The number of nitrogens with one attached hydrogen (secondary N) is 1. The van der Waals surface area contributed by atoms with Crippen molar-refractivity contribution in [1.82, 2.24) is 34.7 Å². The van der Waals surface area contributed by atoms with Crippen LogP contribution in [-0.2, 0) is 19.2 Å². The number of aromatic hydroxyl groups is 2. The Kier molecular flexibility index (Phi) is 7.63. The van der Waals surface area contributed by atoms with E-state index in [1.807, 2.05) is 4.90 Å². The van der Waals surface area contributed by atoms with E-state index in [4.69, 9.17) is 0 Å². The molecule has 5 heterocycles. The number of carbonyl (C=O) groups excluding carboxylic acids is 3. The van der Waals surface area contributed by atoms with E-state index >= 15 is 0 Å². The van der Waals surface area contributed by atoms with Crippen LogP contribution >= 0.6 is 23.5 Å². The molecule has 46 heavy (non-hydrogen) atoms. The minimum absolute atomic E-state index is 0.0621. The average Bonchev–Trinajstić information content (AvgIpc) is 3.65. The van der Waals surface area contributed by atoms with Crippen LogP contribution in [0.2, 0.25) is 0 Å². The second-order valence-corrected chi connectivity index (χ2v) is 13.7. The minimum atomic E-state index is -1.25. The molecule has 3 aromatic rings. The molecule has 0 unspecified atom stereocenters. The maximum Gasteiger partial charge on any atom is 0.352 e. The Bertz CT molecular complexity index is 1890. The van der Waals surface area contributed by atoms with Crippen molar-refractivity contribution in [1.29, 1.82) is 0 Å². The third-order valence-corrected chi connectivity index (χ3v) is 10.5. The number of hydrogen-bond donors (Lipinski definition) is 4. The first-order chi connectivity index (χ1) is 22.1. The molecule has 1 aromatic carbocycles. The Balaban J connectivity index is 1.02. The third kappa shape index (κ3) is 5.55. The topological polar surface area (TPSA) is 191 Å². The van der Waals surface area contributed by atoms with Crippen LogP contribution in [0.5, 0.6) is 11.5 Å². The van der Waals surface area contributed by atoms with Gasteiger partial charge in [0.25, 0.3) is 11.7 Å². The minimum Gasteiger partial charge on any atom is -0.504 e. The zero-order valence-corrected chi connectivity index (χ0v) is 26.2. The van der Waals surface area contributed by atoms with Crippen LogP contribution in [0.4, 0.5) is 0 Å². The SMILES string of the molecule is Cc1cc(SCC(=O)N[C@@H]2C(=O)N3C(C(=O)O)=C(C=C4CCN(CC5CC5)C4=O)CS[C@H]23)n2nc(-c3ccc(O)c(O)c3)nc2n1. The number of benzene rings is 1. The Labute approximate surface area is 270 Å². The molecule has 1 aliphatic carbocycles. The maximum absolute atomic E-state index is 13.2. The fourth-order valence-electron chi connectivity index (χ4n) is 5.75. The van der Waals surface area contributed by atoms with Crippen LogP contribution in [0.15, 0.2) is 52.2 Å². The van der Waals surface area contributed by atoms with Crippen molar-refractivity contribution < 1.29 is 34.5 Å². The van der Waals surface area contributed by atoms with Crippen molar-refractivity contribution in [2.75, 3.05) is 24.6 Å². The number of nitrogens with zero attached hydrogens (tertiary/aromatic N) is 6. The van der Waals surface area contributed by atoms with Crippen molar-refractivity contribution >= 4 is 53.0 Å². The van der Waals surface area contributed by atoms with Crippen LogP contribution in [0.25, 0.3) is 17.2 Å². The third-order valence-electron chi connectivity index (χ3n) is 8.25. The van der Waals surface area contributed by atoms with Gasteiger partial charge in [-0.05, 0) is 68.0 Å². The summed E-state index contributed by atoms with van der Waals surface area (Å²) in [7, 11) is 0. The molecule has 7 rings (SSSR count). The lowest BCUT2D eigenvalue weighted by Crippen LogP contribution is -2.70. The van der Waals surface area contributed by atoms with E-state index in [0.717, 1.165) is 31.1 Å². The Morgan fingerprint density at radius 1 is 1.15 bits per heavy atom. The van der Waals surface area contributed by atoms with Gasteiger partial charge in [0.2, 0.25) is 11.8 Å². The van der Waals surface area contributed by atoms with Crippen LogP contribution in [-0.4, -0.2) is 104 Å². The highest BCUT2D eigenvalue weighted by Crippen LogP contribution is 2.41. The number of thioether (sulfide) groups is 2. The number of aromatic nitrogens is 4. The Morgan fingerprint density at radius 2 is 1.96 bits per heavy atom. The van der Waals surface area contributed by atoms with Gasteiger partial charge in [-0.3, -0.25) is 19.3 Å². The number of carboxylic acids is 1. The van der Waals surface area contributed by atoms with Gasteiger partial charge in [0.15, 0.2) is 17.3 Å². The summed E-state index contributed by atoms with van der Waals surface area (Å²) in [4.78, 5) is 63.2. The van der Waals surface area contributed by atoms with Crippen LogP contribution in [0, 0.1) is 12.8 Å². The summed E-state index contributed by atoms with van der Waals surface area (Å²) < 4.78 is 1.47. The molecular formula is C30H29N7O7S2. The summed E-state index contributed by atoms with van der Waals surface area (Å²) in [5.74, 6) is -1.51. The number of allylic oxidation sites excluding steroid dienone is 1. The lowest BCUT2D eigenvalue weighted by Gasteiger charge is -2.49. The number of amides is 3. The fraction of sp³-hybridized carbons (Fsp3) is 0.367. The summed E-state index contributed by atoms with van der Waals surface area (Å²) in [6.07, 6.45) is 4.44. The Hall–Kier alpha value is -4.57. The molecule has 0 spiro atoms. The maximum atomic E-state index is 13.2. The standard InChI is InChI=1S/C30H29N7O7S2/c1-14-8-22(37-30(31-14)33-25(34-37)16-4-5-19(38)20(39)10-16)45-13-21(40)32-23-27(42)36-24(29(43)44)18(12-46-28(23)36)9-17-6-7-35(26(17)41)11-15-2-3-15/h4-5,8-10,15,23,28,38-39H,2-3,6-7,11-13H2,1H3,(H,32,40)(H,43,44)/t23-,28-/m1/s1. The van der Waals surface area contributed by atoms with Crippen molar-refractivity contribution in [3.8, 4) is 22.9 Å². The van der Waals surface area contributed by atoms with E-state index in [1.54, 1.807) is 25.1 Å². The molecule has 1 saturated carbocycles. The van der Waals surface area contributed by atoms with Crippen molar-refractivity contribution in [2.45, 2.75) is 42.6 Å². The van der Waals surface area contributed by atoms with Crippen LogP contribution in [0.1, 0.15) is 25.0 Å². The molecule has 4 N–H and O–H groups in total. The van der Waals surface area contributed by atoms with Gasteiger partial charge in [0.05, 0.1) is 5.75 Å². The summed E-state index contributed by atoms with van der Waals surface area (Å²) in [5.41, 5.74) is 1.94. The molecule has 2 aromatic heterocycles. The molecule has 2 atom stereocenters. The summed E-state index contributed by atoms with van der Waals surface area (Å²) in [5, 5.41) is 36.7. The zero-order chi connectivity index (χ0) is 32.3. The lowest BCUT2D eigenvalue weighted by atomic mass is 10.0. The average molecular weight is 664 g/mol. The molecule has 16 heteroatoms. The Morgan fingerprint density at radius 3 is 2.70 bits per heavy atom. The van der Waals surface area contributed by atoms with Crippen LogP contribution in [0.3, 0.4) is 0 Å². The van der Waals surface area contributed by atoms with Crippen molar-refractivity contribution in [2.24, 2.45) is 5.92 Å². The predicted molar refractivity (Wildman–Crippen MR) is 167 cm³/mol. The first kappa shape index (κ1) is 30.1. The highest BCUT2D eigenvalue weighted by atomic mass is 32.2. The number of phenols is 2. The second-order valence-electron chi connectivity index (χ2n) is 11.6. The molecule has 3 fully saturated rings. The highest BCUT2D eigenvalue weighted by Gasteiger charge is 2.54. The first-order valence-corrected chi connectivity index (χ1v) is 16.7. The van der Waals surface area contributed by atoms with Crippen molar-refractivity contribution in [3.63, 3.8) is 0 Å². The predicted octanol–water partition coefficient (Wildman–Crippen LogP) is 1.91. The summed E-state index contributed by atoms with van der Waals surface area (Å²) in [6.45, 7) is 3.13. The smallest absolute Gasteiger partial charge is 0.352 e. The van der Waals surface area contributed by atoms with E-state index < -0.39 is 29.2 Å². The monoisotopic (exact) mass is 663 g/mol. The number of β-lactam (4-membered cyclic amide) rings is 1. The molecule has 3 amide bonds. The van der Waals surface area contributed by atoms with E-state index in [9.17, 15) is 34.5 Å². The van der Waals surface area contributed by atoms with Gasteiger partial charge in [-0.1, -0.05) is 11.8 Å². The van der Waals surface area contributed by atoms with E-state index in [2.05, 4.69) is 20.4 Å². The zero-order valence-electron chi connectivity index (χ0n) is 24.5. The largest absolute Gasteiger partial charge is 0.504 e. The van der Waals surface area contributed by atoms with Gasteiger partial charge in [-0.15, -0.1) is 16.9 Å². The second kappa shape index (κ2) is 11.7. The van der Waals surface area contributed by atoms with Gasteiger partial charge < -0.3 is 25.5 Å². The number of aryl methyl sites for hydroxylation is 1. The molecule has 0 radical (unpaired) electrons. The number of fused-ring (bicyclic) bond motifs is 2. The first-order valence-electron chi connectivity index (χ1n) is 14.7. The highest BCUT2D eigenvalue weighted by molar-refractivity contribution is 8.00. The van der Waals surface area contributed by atoms with Crippen molar-refractivity contribution in [3.05, 3.63) is 52.9 Å². The molecule has 4 aliphatic rings. The normalized spacial score (nSPS) is 22.1. The fourth-order valence-corrected chi connectivity index (χ4v) is 7.91. The number of hydrogen-bond acceptors (Lipinski definition) is 11. The number of aliphatic carboxylic acids is 1. The summed E-state index contributed by atoms with van der Waals surface area (Å²) in [6, 6.07) is 5.08. The van der Waals surface area contributed by atoms with Gasteiger partial charge in [0, 0.05) is 35.7 Å². The molecule has 2 saturated heterocycles. The van der Waals surface area contributed by atoms with E-state index in [1.165, 1.54) is 33.3 Å². The van der Waals surface area contributed by atoms with Gasteiger partial charge in [0.1, 0.15) is 22.1 Å². The number of rotatable bonds is 9.